The van der Waals surface area contributed by atoms with Crippen LogP contribution in [0.1, 0.15) is 52.7 Å². The molecule has 4 rings (SSSR count). The van der Waals surface area contributed by atoms with Crippen molar-refractivity contribution in [1.29, 1.82) is 0 Å². The highest BCUT2D eigenvalue weighted by atomic mass is 32.2. The van der Waals surface area contributed by atoms with Crippen LogP contribution in [0.5, 0.6) is 0 Å². The molecule has 0 radical (unpaired) electrons. The third-order valence-corrected chi connectivity index (χ3v) is 8.40. The van der Waals surface area contributed by atoms with Gasteiger partial charge in [0.1, 0.15) is 22.8 Å². The minimum Gasteiger partial charge on any atom is -0.425 e. The van der Waals surface area contributed by atoms with Gasteiger partial charge >= 0.3 is 11.9 Å². The Kier molecular flexibility index (Phi) is 10.1. The molecule has 14 nitrogen and oxygen atoms in total. The quantitative estimate of drug-likeness (QED) is 0.127. The molecule has 42 heavy (non-hydrogen) atoms. The molecule has 0 saturated carbocycles. The molecule has 3 N–H and O–H groups in total. The van der Waals surface area contributed by atoms with Crippen LogP contribution in [0.15, 0.2) is 21.8 Å². The molecule has 230 valence electrons. The van der Waals surface area contributed by atoms with Gasteiger partial charge in [-0.15, -0.1) is 23.1 Å². The van der Waals surface area contributed by atoms with Crippen molar-refractivity contribution in [2.24, 2.45) is 10.6 Å². The van der Waals surface area contributed by atoms with Crippen LogP contribution in [0.25, 0.3) is 0 Å². The van der Waals surface area contributed by atoms with Crippen LogP contribution < -0.4 is 11.1 Å². The monoisotopic (exact) mass is 625 g/mol. The van der Waals surface area contributed by atoms with Crippen molar-refractivity contribution in [3.05, 3.63) is 22.3 Å². The van der Waals surface area contributed by atoms with E-state index in [2.05, 4.69) is 15.5 Å². The Morgan fingerprint density at radius 3 is 2.67 bits per heavy atom. The van der Waals surface area contributed by atoms with Crippen LogP contribution in [0.4, 0.5) is 5.13 Å². The average Bonchev–Trinajstić information content (AvgIpc) is 3.37. The van der Waals surface area contributed by atoms with Gasteiger partial charge in [0.05, 0.1) is 18.6 Å². The second-order valence-electron chi connectivity index (χ2n) is 10.8. The molecule has 3 aliphatic heterocycles. The van der Waals surface area contributed by atoms with Crippen LogP contribution in [-0.4, -0.2) is 89.4 Å². The number of ether oxygens (including phenoxy) is 4. The van der Waals surface area contributed by atoms with Gasteiger partial charge < -0.3 is 34.8 Å². The second-order valence-corrected chi connectivity index (χ2v) is 12.8. The van der Waals surface area contributed by atoms with Gasteiger partial charge in [0.15, 0.2) is 10.8 Å². The summed E-state index contributed by atoms with van der Waals surface area (Å²) in [6.07, 6.45) is 0.636. The van der Waals surface area contributed by atoms with Gasteiger partial charge in [-0.25, -0.2) is 9.78 Å². The third-order valence-electron chi connectivity index (χ3n) is 6.38. The molecular formula is C26H35N5O9S2. The van der Waals surface area contributed by atoms with Gasteiger partial charge in [-0.2, -0.15) is 0 Å². The first-order valence-corrected chi connectivity index (χ1v) is 15.3. The van der Waals surface area contributed by atoms with Crippen molar-refractivity contribution in [3.8, 4) is 0 Å². The molecule has 16 heteroatoms. The number of thiazole rings is 1. The zero-order valence-corrected chi connectivity index (χ0v) is 25.7. The summed E-state index contributed by atoms with van der Waals surface area (Å²) in [4.78, 5) is 63.1. The molecule has 0 spiro atoms. The number of carbonyl (C=O) groups is 4. The van der Waals surface area contributed by atoms with Crippen LogP contribution in [0.3, 0.4) is 0 Å². The van der Waals surface area contributed by atoms with E-state index in [4.69, 9.17) is 29.5 Å². The smallest absolute Gasteiger partial charge is 0.358 e. The lowest BCUT2D eigenvalue weighted by Crippen LogP contribution is -2.71. The number of nitrogens with two attached hydrogens (primary N) is 1. The topological polar surface area (TPSA) is 181 Å². The molecule has 0 aromatic carbocycles. The summed E-state index contributed by atoms with van der Waals surface area (Å²) in [6, 6.07) is -0.974. The van der Waals surface area contributed by atoms with Crippen molar-refractivity contribution in [3.63, 3.8) is 0 Å². The van der Waals surface area contributed by atoms with E-state index < -0.39 is 53.2 Å². The van der Waals surface area contributed by atoms with Crippen molar-refractivity contribution < 1.29 is 43.0 Å². The van der Waals surface area contributed by atoms with Crippen molar-refractivity contribution in [1.82, 2.24) is 15.2 Å². The second kappa shape index (κ2) is 13.4. The number of oxime groups is 1. The van der Waals surface area contributed by atoms with Gasteiger partial charge in [0, 0.05) is 31.6 Å². The van der Waals surface area contributed by atoms with E-state index >= 15 is 0 Å². The summed E-state index contributed by atoms with van der Waals surface area (Å²) in [5.41, 5.74) is 5.52. The molecule has 2 saturated heterocycles. The van der Waals surface area contributed by atoms with E-state index in [1.165, 1.54) is 30.7 Å². The minimum absolute atomic E-state index is 0.00583. The van der Waals surface area contributed by atoms with E-state index in [9.17, 15) is 19.2 Å². The summed E-state index contributed by atoms with van der Waals surface area (Å²) in [6.45, 7) is 7.04. The first-order valence-electron chi connectivity index (χ1n) is 13.4. The number of thioether (sulfide) groups is 1. The highest BCUT2D eigenvalue weighted by Gasteiger charge is 2.55. The number of hydrogen-bond acceptors (Lipinski definition) is 14. The van der Waals surface area contributed by atoms with E-state index in [-0.39, 0.29) is 28.8 Å². The minimum atomic E-state index is -1.20. The van der Waals surface area contributed by atoms with Gasteiger partial charge in [0.25, 0.3) is 11.8 Å². The fraction of sp³-hybridized carbons (Fsp3) is 0.615. The van der Waals surface area contributed by atoms with E-state index in [1.807, 2.05) is 0 Å². The number of nitrogen functional groups attached to an aromatic ring is 1. The Labute approximate surface area is 251 Å². The maximum Gasteiger partial charge on any atom is 0.358 e. The summed E-state index contributed by atoms with van der Waals surface area (Å²) >= 11 is 2.48. The Morgan fingerprint density at radius 2 is 2.05 bits per heavy atom. The summed E-state index contributed by atoms with van der Waals surface area (Å²) in [5, 5.41) is 7.90. The fourth-order valence-corrected chi connectivity index (χ4v) is 6.11. The first kappa shape index (κ1) is 31.7. The molecule has 4 heterocycles. The zero-order valence-electron chi connectivity index (χ0n) is 24.0. The standard InChI is InChI=1S/C26H35N5O9S2/c1-13(39-24(35)26(2,3)4)38-23(34)19-14(10-36-5)11-41-22-18(21(33)31(19)22)29-20(32)17(15-12-42-25(27)28-15)30-40-16-8-6-7-9-37-16/h12-13,16,18,22H,6-11H2,1-5H3,(H2,27,28)(H,29,32)/b30-17-/t13-,16?,18-,22-/m1/s1. The summed E-state index contributed by atoms with van der Waals surface area (Å²) in [7, 11) is 1.47. The van der Waals surface area contributed by atoms with Gasteiger partial charge in [-0.1, -0.05) is 5.16 Å². The number of anilines is 1. The van der Waals surface area contributed by atoms with E-state index in [1.54, 1.807) is 26.2 Å². The third kappa shape index (κ3) is 7.22. The largest absolute Gasteiger partial charge is 0.425 e. The van der Waals surface area contributed by atoms with Crippen LogP contribution in [-0.2, 0) is 43.0 Å². The van der Waals surface area contributed by atoms with Crippen molar-refractivity contribution in [2.75, 3.05) is 31.8 Å². The summed E-state index contributed by atoms with van der Waals surface area (Å²) < 4.78 is 21.4. The number of esters is 2. The van der Waals surface area contributed by atoms with Crippen LogP contribution in [0, 0.1) is 5.41 Å². The number of carbonyl (C=O) groups excluding carboxylic acids is 4. The summed E-state index contributed by atoms with van der Waals surface area (Å²) in [5.74, 6) is -2.30. The number of aromatic nitrogens is 1. The molecule has 0 aliphatic carbocycles. The molecule has 0 bridgehead atoms. The highest BCUT2D eigenvalue weighted by Crippen LogP contribution is 2.41. The number of hydrogen-bond donors (Lipinski definition) is 2. The predicted molar refractivity (Wildman–Crippen MR) is 153 cm³/mol. The van der Waals surface area contributed by atoms with Gasteiger partial charge in [-0.3, -0.25) is 19.3 Å². The van der Waals surface area contributed by atoms with Gasteiger partial charge in [0.2, 0.25) is 12.6 Å². The van der Waals surface area contributed by atoms with Crippen molar-refractivity contribution >= 4 is 57.7 Å². The average molecular weight is 626 g/mol. The predicted octanol–water partition coefficient (Wildman–Crippen LogP) is 1.75. The molecule has 1 aromatic rings. The lowest BCUT2D eigenvalue weighted by atomic mass is 9.97. The number of fused-ring (bicyclic) bond motifs is 1. The normalized spacial score (nSPS) is 23.5. The molecule has 3 aliphatic rings. The Balaban J connectivity index is 1.48. The molecule has 1 aromatic heterocycles. The number of amides is 2. The number of nitrogens with zero attached hydrogens (tertiary/aromatic N) is 3. The zero-order chi connectivity index (χ0) is 30.6. The van der Waals surface area contributed by atoms with Crippen molar-refractivity contribution in [2.45, 2.75) is 71.0 Å². The fourth-order valence-electron chi connectivity index (χ4n) is 4.23. The highest BCUT2D eigenvalue weighted by molar-refractivity contribution is 8.00. The molecule has 4 atom stereocenters. The molecular weight excluding hydrogens is 590 g/mol. The Hall–Kier alpha value is -3.21. The van der Waals surface area contributed by atoms with E-state index in [0.29, 0.717) is 24.4 Å². The SMILES string of the molecule is COCC1=C(C(=O)O[C@@H](C)OC(=O)C(C)(C)C)N2C(=O)[C@@H](NC(=O)/C(=N\OC3CCCCO3)c3csc(N)n3)[C@H]2SC1. The number of methoxy groups -OCH3 is 1. The maximum atomic E-state index is 13.4. The lowest BCUT2D eigenvalue weighted by Gasteiger charge is -2.49. The number of rotatable bonds is 10. The maximum absolute atomic E-state index is 13.4. The first-order chi connectivity index (χ1) is 19.9. The van der Waals surface area contributed by atoms with Crippen LogP contribution in [0.2, 0.25) is 0 Å². The van der Waals surface area contributed by atoms with Crippen LogP contribution >= 0.6 is 23.1 Å². The lowest BCUT2D eigenvalue weighted by molar-refractivity contribution is -0.190. The Bertz CT molecular complexity index is 1270. The molecule has 2 amide bonds. The van der Waals surface area contributed by atoms with Gasteiger partial charge in [-0.05, 0) is 39.2 Å². The molecule has 2 fully saturated rings. The number of β-lactam (4-membered cyclic amide) rings is 1. The van der Waals surface area contributed by atoms with E-state index in [0.717, 1.165) is 24.2 Å². The Morgan fingerprint density at radius 1 is 1.29 bits per heavy atom. The molecule has 1 unspecified atom stereocenters. The number of nitrogens with one attached hydrogen (secondary N) is 1.